The molecule has 25 heavy (non-hydrogen) atoms. The van der Waals surface area contributed by atoms with Gasteiger partial charge >= 0.3 is 0 Å². The summed E-state index contributed by atoms with van der Waals surface area (Å²) in [7, 11) is 0. The number of aromatic nitrogens is 2. The lowest BCUT2D eigenvalue weighted by atomic mass is 10.1. The molecule has 1 aromatic carbocycles. The molecule has 0 aliphatic carbocycles. The highest BCUT2D eigenvalue weighted by molar-refractivity contribution is 7.16. The molecule has 0 bridgehead atoms. The van der Waals surface area contributed by atoms with Crippen molar-refractivity contribution >= 4 is 39.1 Å². The maximum atomic E-state index is 12.4. The third-order valence-corrected chi connectivity index (χ3v) is 5.00. The number of amides is 1. The van der Waals surface area contributed by atoms with Crippen molar-refractivity contribution in [1.29, 1.82) is 0 Å². The molecule has 0 unspecified atom stereocenters. The van der Waals surface area contributed by atoms with Crippen LogP contribution in [-0.2, 0) is 17.8 Å². The number of carbonyl (C=O) groups is 1. The second-order valence-corrected chi connectivity index (χ2v) is 7.07. The smallest absolute Gasteiger partial charge is 0.262 e. The van der Waals surface area contributed by atoms with Crippen LogP contribution in [0.3, 0.4) is 0 Å². The van der Waals surface area contributed by atoms with E-state index >= 15 is 0 Å². The average molecular weight is 376 g/mol. The van der Waals surface area contributed by atoms with Gasteiger partial charge in [0.15, 0.2) is 0 Å². The van der Waals surface area contributed by atoms with Crippen molar-refractivity contribution in [3.8, 4) is 0 Å². The van der Waals surface area contributed by atoms with Gasteiger partial charge in [-0.1, -0.05) is 23.7 Å². The molecule has 2 heterocycles. The summed E-state index contributed by atoms with van der Waals surface area (Å²) in [6.45, 7) is 2.61. The fraction of sp³-hybridized carbons (Fsp3) is 0.278. The predicted octanol–water partition coefficient (Wildman–Crippen LogP) is 3.17. The predicted molar refractivity (Wildman–Crippen MR) is 101 cm³/mol. The van der Waals surface area contributed by atoms with Crippen LogP contribution in [0.15, 0.2) is 40.5 Å². The van der Waals surface area contributed by atoms with E-state index in [0.717, 1.165) is 10.4 Å². The van der Waals surface area contributed by atoms with E-state index < -0.39 is 0 Å². The first-order valence-corrected chi connectivity index (χ1v) is 9.26. The molecule has 0 saturated carbocycles. The van der Waals surface area contributed by atoms with Gasteiger partial charge < -0.3 is 5.32 Å². The van der Waals surface area contributed by atoms with E-state index in [9.17, 15) is 9.59 Å². The molecule has 2 aromatic heterocycles. The van der Waals surface area contributed by atoms with Crippen LogP contribution in [0.1, 0.15) is 17.8 Å². The lowest BCUT2D eigenvalue weighted by Crippen LogP contribution is -2.32. The molecule has 1 amide bonds. The Bertz CT molecular complexity index is 964. The summed E-state index contributed by atoms with van der Waals surface area (Å²) in [4.78, 5) is 29.6. The number of fused-ring (bicyclic) bond motifs is 1. The van der Waals surface area contributed by atoms with E-state index in [0.29, 0.717) is 42.2 Å². The molecule has 5 nitrogen and oxygen atoms in total. The third-order valence-electron chi connectivity index (χ3n) is 3.96. The van der Waals surface area contributed by atoms with Gasteiger partial charge in [-0.15, -0.1) is 11.3 Å². The minimum Gasteiger partial charge on any atom is -0.354 e. The fourth-order valence-corrected chi connectivity index (χ4v) is 3.67. The van der Waals surface area contributed by atoms with Crippen LogP contribution in [0.2, 0.25) is 5.02 Å². The molecular formula is C18H18ClN3O2S. The van der Waals surface area contributed by atoms with Gasteiger partial charge in [0.2, 0.25) is 5.91 Å². The van der Waals surface area contributed by atoms with E-state index in [1.807, 2.05) is 36.6 Å². The Morgan fingerprint density at radius 1 is 1.36 bits per heavy atom. The van der Waals surface area contributed by atoms with Crippen LogP contribution in [0.5, 0.6) is 0 Å². The molecule has 0 aliphatic heterocycles. The van der Waals surface area contributed by atoms with Crippen LogP contribution in [0.4, 0.5) is 0 Å². The molecule has 7 heteroatoms. The molecule has 0 spiro atoms. The summed E-state index contributed by atoms with van der Waals surface area (Å²) in [5.41, 5.74) is 0.971. The SMILES string of the molecule is Cc1nc2sccc2c(=O)n1CCNC(=O)CCc1cccc(Cl)c1. The summed E-state index contributed by atoms with van der Waals surface area (Å²) in [5.74, 6) is 0.614. The molecule has 1 N–H and O–H groups in total. The van der Waals surface area contributed by atoms with Crippen LogP contribution in [-0.4, -0.2) is 22.0 Å². The van der Waals surface area contributed by atoms with Gasteiger partial charge in [0.1, 0.15) is 10.7 Å². The second kappa shape index (κ2) is 7.80. The first-order chi connectivity index (χ1) is 12.0. The fourth-order valence-electron chi connectivity index (χ4n) is 2.66. The molecule has 0 atom stereocenters. The number of hydrogen-bond donors (Lipinski definition) is 1. The molecule has 0 aliphatic rings. The van der Waals surface area contributed by atoms with E-state index in [1.54, 1.807) is 10.6 Å². The Labute approximate surface area is 154 Å². The van der Waals surface area contributed by atoms with Crippen LogP contribution >= 0.6 is 22.9 Å². The topological polar surface area (TPSA) is 64.0 Å². The van der Waals surface area contributed by atoms with Crippen molar-refractivity contribution < 1.29 is 4.79 Å². The van der Waals surface area contributed by atoms with E-state index in [-0.39, 0.29) is 11.5 Å². The zero-order valence-electron chi connectivity index (χ0n) is 13.8. The molecule has 0 saturated heterocycles. The van der Waals surface area contributed by atoms with Gasteiger partial charge in [0, 0.05) is 24.5 Å². The number of aryl methyl sites for hydroxylation is 2. The number of carbonyl (C=O) groups excluding carboxylic acids is 1. The monoisotopic (exact) mass is 375 g/mol. The zero-order chi connectivity index (χ0) is 17.8. The molecule has 3 aromatic rings. The van der Waals surface area contributed by atoms with Gasteiger partial charge in [-0.05, 0) is 42.5 Å². The number of hydrogen-bond acceptors (Lipinski definition) is 4. The standard InChI is InChI=1S/C18H18ClN3O2S/c1-12-21-17-15(7-10-25-17)18(24)22(12)9-8-20-16(23)6-5-13-3-2-4-14(19)11-13/h2-4,7,10-11H,5-6,8-9H2,1H3,(H,20,23). The number of nitrogens with zero attached hydrogens (tertiary/aromatic N) is 2. The minimum absolute atomic E-state index is 0.0461. The summed E-state index contributed by atoms with van der Waals surface area (Å²) >= 11 is 7.39. The quantitative estimate of drug-likeness (QED) is 0.719. The number of nitrogens with one attached hydrogen (secondary N) is 1. The average Bonchev–Trinajstić information content (AvgIpc) is 3.04. The van der Waals surface area contributed by atoms with Crippen LogP contribution < -0.4 is 10.9 Å². The Balaban J connectivity index is 1.54. The summed E-state index contributed by atoms with van der Waals surface area (Å²) < 4.78 is 1.60. The van der Waals surface area contributed by atoms with Gasteiger partial charge in [-0.3, -0.25) is 14.2 Å². The second-order valence-electron chi connectivity index (χ2n) is 5.74. The highest BCUT2D eigenvalue weighted by atomic mass is 35.5. The maximum absolute atomic E-state index is 12.4. The number of rotatable bonds is 6. The normalized spacial score (nSPS) is 11.0. The number of thiophene rings is 1. The Morgan fingerprint density at radius 3 is 3.00 bits per heavy atom. The summed E-state index contributed by atoms with van der Waals surface area (Å²) in [6.07, 6.45) is 1.02. The number of benzene rings is 1. The molecule has 3 rings (SSSR count). The highest BCUT2D eigenvalue weighted by Crippen LogP contribution is 2.15. The Morgan fingerprint density at radius 2 is 2.20 bits per heavy atom. The Kier molecular flexibility index (Phi) is 5.50. The lowest BCUT2D eigenvalue weighted by Gasteiger charge is -2.10. The van der Waals surface area contributed by atoms with E-state index in [4.69, 9.17) is 11.6 Å². The summed E-state index contributed by atoms with van der Waals surface area (Å²) in [6, 6.07) is 9.28. The van der Waals surface area contributed by atoms with Gasteiger partial charge in [-0.2, -0.15) is 0 Å². The first kappa shape index (κ1) is 17.6. The minimum atomic E-state index is -0.0584. The summed E-state index contributed by atoms with van der Waals surface area (Å²) in [5, 5.41) is 6.02. The first-order valence-electron chi connectivity index (χ1n) is 8.00. The van der Waals surface area contributed by atoms with Gasteiger partial charge in [0.05, 0.1) is 5.39 Å². The third kappa shape index (κ3) is 4.27. The maximum Gasteiger partial charge on any atom is 0.262 e. The largest absolute Gasteiger partial charge is 0.354 e. The lowest BCUT2D eigenvalue weighted by molar-refractivity contribution is -0.121. The molecule has 130 valence electrons. The van der Waals surface area contributed by atoms with E-state index in [1.165, 1.54) is 11.3 Å². The van der Waals surface area contributed by atoms with Crippen molar-refractivity contribution in [1.82, 2.24) is 14.9 Å². The van der Waals surface area contributed by atoms with Crippen molar-refractivity contribution in [2.24, 2.45) is 0 Å². The van der Waals surface area contributed by atoms with Crippen molar-refractivity contribution in [3.05, 3.63) is 62.5 Å². The molecule has 0 radical (unpaired) electrons. The highest BCUT2D eigenvalue weighted by Gasteiger charge is 2.09. The number of halogens is 1. The van der Waals surface area contributed by atoms with Crippen LogP contribution in [0.25, 0.3) is 10.2 Å². The van der Waals surface area contributed by atoms with Crippen molar-refractivity contribution in [3.63, 3.8) is 0 Å². The Hall–Kier alpha value is -2.18. The van der Waals surface area contributed by atoms with Crippen molar-refractivity contribution in [2.45, 2.75) is 26.3 Å². The van der Waals surface area contributed by atoms with Gasteiger partial charge in [0.25, 0.3) is 5.56 Å². The molecular weight excluding hydrogens is 358 g/mol. The van der Waals surface area contributed by atoms with E-state index in [2.05, 4.69) is 10.3 Å². The van der Waals surface area contributed by atoms with Crippen molar-refractivity contribution in [2.75, 3.05) is 6.54 Å². The zero-order valence-corrected chi connectivity index (χ0v) is 15.4. The van der Waals surface area contributed by atoms with Crippen LogP contribution in [0, 0.1) is 6.92 Å². The molecule has 0 fully saturated rings. The van der Waals surface area contributed by atoms with Gasteiger partial charge in [-0.25, -0.2) is 4.98 Å².